The summed E-state index contributed by atoms with van der Waals surface area (Å²) >= 11 is 5.52. The number of pyridine rings is 1. The van der Waals surface area contributed by atoms with Crippen molar-refractivity contribution < 1.29 is 0 Å². The van der Waals surface area contributed by atoms with E-state index in [0.717, 1.165) is 17.9 Å². The van der Waals surface area contributed by atoms with Crippen LogP contribution in [0.5, 0.6) is 0 Å². The van der Waals surface area contributed by atoms with E-state index in [2.05, 4.69) is 46.3 Å². The fraction of sp³-hybridized carbons (Fsp3) is 0.235. The second kappa shape index (κ2) is 6.85. The quantitative estimate of drug-likeness (QED) is 0.676. The second-order valence-corrected chi connectivity index (χ2v) is 5.91. The lowest BCUT2D eigenvalue weighted by molar-refractivity contribution is 0.244. The lowest BCUT2D eigenvalue weighted by atomic mass is 10.2. The van der Waals surface area contributed by atoms with Crippen LogP contribution >= 0.6 is 12.2 Å². The van der Waals surface area contributed by atoms with Crippen molar-refractivity contribution in [3.63, 3.8) is 0 Å². The molecule has 0 aliphatic carbocycles. The van der Waals surface area contributed by atoms with E-state index in [1.54, 1.807) is 12.4 Å². The average Bonchev–Trinajstić information content (AvgIpc) is 2.85. The fourth-order valence-electron chi connectivity index (χ4n) is 2.51. The topological polar surface area (TPSA) is 38.9 Å². The third kappa shape index (κ3) is 3.55. The summed E-state index contributed by atoms with van der Waals surface area (Å²) in [7, 11) is 4.01. The van der Waals surface area contributed by atoms with Crippen LogP contribution in [0.2, 0.25) is 0 Å². The highest BCUT2D eigenvalue weighted by Crippen LogP contribution is 2.16. The summed E-state index contributed by atoms with van der Waals surface area (Å²) < 4.78 is 4.49. The van der Waals surface area contributed by atoms with Gasteiger partial charge in [-0.3, -0.25) is 9.88 Å². The van der Waals surface area contributed by atoms with Crippen LogP contribution in [0.3, 0.4) is 0 Å². The van der Waals surface area contributed by atoms with E-state index in [4.69, 9.17) is 12.2 Å². The summed E-state index contributed by atoms with van der Waals surface area (Å²) in [5, 5.41) is 4.67. The third-order valence-corrected chi connectivity index (χ3v) is 4.13. The molecule has 118 valence electrons. The molecule has 0 saturated heterocycles. The first-order chi connectivity index (χ1) is 11.1. The maximum absolute atomic E-state index is 5.52. The number of rotatable bonds is 5. The van der Waals surface area contributed by atoms with Crippen molar-refractivity contribution in [1.82, 2.24) is 24.2 Å². The van der Waals surface area contributed by atoms with Gasteiger partial charge in [0.2, 0.25) is 0 Å². The van der Waals surface area contributed by atoms with Crippen LogP contribution in [-0.2, 0) is 20.3 Å². The molecule has 6 heteroatoms. The Morgan fingerprint density at radius 1 is 1.09 bits per heavy atom. The summed E-state index contributed by atoms with van der Waals surface area (Å²) in [5.41, 5.74) is 2.28. The Balaban J connectivity index is 1.80. The summed E-state index contributed by atoms with van der Waals surface area (Å²) in [6.07, 6.45) is 3.53. The molecule has 0 radical (unpaired) electrons. The van der Waals surface area contributed by atoms with Crippen LogP contribution in [0, 0.1) is 4.77 Å². The Kier molecular flexibility index (Phi) is 4.64. The molecule has 23 heavy (non-hydrogen) atoms. The molecule has 2 aromatic heterocycles. The highest BCUT2D eigenvalue weighted by atomic mass is 32.1. The van der Waals surface area contributed by atoms with Crippen LogP contribution in [0.15, 0.2) is 54.9 Å². The van der Waals surface area contributed by atoms with Crippen molar-refractivity contribution in [1.29, 1.82) is 0 Å². The van der Waals surface area contributed by atoms with Gasteiger partial charge in [-0.2, -0.15) is 5.10 Å². The van der Waals surface area contributed by atoms with Gasteiger partial charge in [0.05, 0.1) is 6.67 Å². The summed E-state index contributed by atoms with van der Waals surface area (Å²) in [6, 6.07) is 14.3. The zero-order chi connectivity index (χ0) is 16.2. The highest BCUT2D eigenvalue weighted by molar-refractivity contribution is 7.71. The van der Waals surface area contributed by atoms with Gasteiger partial charge in [-0.1, -0.05) is 30.3 Å². The summed E-state index contributed by atoms with van der Waals surface area (Å²) in [6.45, 7) is 1.50. The van der Waals surface area contributed by atoms with Gasteiger partial charge in [-0.05, 0) is 37.0 Å². The minimum Gasteiger partial charge on any atom is -0.303 e. The molecule has 0 aliphatic heterocycles. The zero-order valence-corrected chi connectivity index (χ0v) is 14.1. The molecular weight excluding hydrogens is 306 g/mol. The molecule has 0 unspecified atom stereocenters. The Labute approximate surface area is 140 Å². The van der Waals surface area contributed by atoms with Crippen molar-refractivity contribution in [2.24, 2.45) is 7.05 Å². The average molecular weight is 325 g/mol. The molecule has 0 saturated carbocycles. The van der Waals surface area contributed by atoms with Crippen molar-refractivity contribution in [2.45, 2.75) is 13.2 Å². The van der Waals surface area contributed by atoms with Gasteiger partial charge >= 0.3 is 0 Å². The van der Waals surface area contributed by atoms with Gasteiger partial charge in [0, 0.05) is 31.5 Å². The van der Waals surface area contributed by atoms with E-state index >= 15 is 0 Å². The molecule has 0 fully saturated rings. The molecular formula is C17H19N5S. The Hall–Kier alpha value is -2.31. The van der Waals surface area contributed by atoms with Gasteiger partial charge < -0.3 is 4.57 Å². The SMILES string of the molecule is CN(Cc1ccccc1)Cn1nc(-c2ccncc2)n(C)c1=S. The van der Waals surface area contributed by atoms with E-state index in [1.807, 2.05) is 34.5 Å². The van der Waals surface area contributed by atoms with Crippen LogP contribution in [0.1, 0.15) is 5.56 Å². The normalized spacial score (nSPS) is 11.1. The Morgan fingerprint density at radius 2 is 1.78 bits per heavy atom. The van der Waals surface area contributed by atoms with Crippen molar-refractivity contribution in [2.75, 3.05) is 7.05 Å². The molecule has 3 aromatic rings. The first-order valence-electron chi connectivity index (χ1n) is 7.42. The molecule has 5 nitrogen and oxygen atoms in total. The van der Waals surface area contributed by atoms with Crippen LogP contribution < -0.4 is 0 Å². The van der Waals surface area contributed by atoms with Crippen LogP contribution in [0.4, 0.5) is 0 Å². The van der Waals surface area contributed by atoms with E-state index in [9.17, 15) is 0 Å². The summed E-state index contributed by atoms with van der Waals surface area (Å²) in [5.74, 6) is 0.852. The highest BCUT2D eigenvalue weighted by Gasteiger charge is 2.11. The minimum absolute atomic E-state index is 0.645. The molecule has 1 aromatic carbocycles. The number of hydrogen-bond donors (Lipinski definition) is 0. The maximum atomic E-state index is 5.52. The first-order valence-corrected chi connectivity index (χ1v) is 7.82. The predicted octanol–water partition coefficient (Wildman–Crippen LogP) is 3.10. The fourth-order valence-corrected chi connectivity index (χ4v) is 2.69. The molecule has 3 rings (SSSR count). The molecule has 0 spiro atoms. The lowest BCUT2D eigenvalue weighted by Crippen LogP contribution is -2.22. The van der Waals surface area contributed by atoms with E-state index < -0.39 is 0 Å². The van der Waals surface area contributed by atoms with Crippen LogP contribution in [0.25, 0.3) is 11.4 Å². The molecule has 0 N–H and O–H groups in total. The largest absolute Gasteiger partial charge is 0.303 e. The number of hydrogen-bond acceptors (Lipinski definition) is 4. The zero-order valence-electron chi connectivity index (χ0n) is 13.3. The minimum atomic E-state index is 0.645. The summed E-state index contributed by atoms with van der Waals surface area (Å²) in [4.78, 5) is 6.24. The molecule has 0 aliphatic rings. The van der Waals surface area contributed by atoms with Gasteiger partial charge in [0.25, 0.3) is 0 Å². The van der Waals surface area contributed by atoms with Crippen molar-refractivity contribution in [3.05, 3.63) is 65.2 Å². The van der Waals surface area contributed by atoms with Crippen molar-refractivity contribution in [3.8, 4) is 11.4 Å². The van der Waals surface area contributed by atoms with Gasteiger partial charge in [0.15, 0.2) is 10.6 Å². The second-order valence-electron chi connectivity index (χ2n) is 5.54. The predicted molar refractivity (Wildman–Crippen MR) is 93.2 cm³/mol. The van der Waals surface area contributed by atoms with Crippen LogP contribution in [-0.4, -0.2) is 31.3 Å². The lowest BCUT2D eigenvalue weighted by Gasteiger charge is -2.16. The Morgan fingerprint density at radius 3 is 2.48 bits per heavy atom. The molecule has 0 atom stereocenters. The molecule has 2 heterocycles. The third-order valence-electron chi connectivity index (χ3n) is 3.65. The van der Waals surface area contributed by atoms with Gasteiger partial charge in [0.1, 0.15) is 0 Å². The van der Waals surface area contributed by atoms with E-state index in [1.165, 1.54) is 5.56 Å². The van der Waals surface area contributed by atoms with E-state index in [-0.39, 0.29) is 0 Å². The van der Waals surface area contributed by atoms with Gasteiger partial charge in [-0.15, -0.1) is 0 Å². The van der Waals surface area contributed by atoms with E-state index in [0.29, 0.717) is 11.4 Å². The monoisotopic (exact) mass is 325 g/mol. The standard InChI is InChI=1S/C17H19N5S/c1-20(12-14-6-4-3-5-7-14)13-22-17(23)21(2)16(19-22)15-8-10-18-11-9-15/h3-11H,12-13H2,1-2H3. The molecule has 0 amide bonds. The number of benzene rings is 1. The maximum Gasteiger partial charge on any atom is 0.199 e. The number of aromatic nitrogens is 4. The smallest absolute Gasteiger partial charge is 0.199 e. The van der Waals surface area contributed by atoms with Gasteiger partial charge in [-0.25, -0.2) is 4.68 Å². The molecule has 0 bridgehead atoms. The Bertz CT molecular complexity index is 823. The first kappa shape index (κ1) is 15.6. The number of nitrogens with zero attached hydrogens (tertiary/aromatic N) is 5. The van der Waals surface area contributed by atoms with Crippen molar-refractivity contribution >= 4 is 12.2 Å².